The highest BCUT2D eigenvalue weighted by Crippen LogP contribution is 2.26. The van der Waals surface area contributed by atoms with E-state index in [4.69, 9.17) is 0 Å². The molecule has 0 unspecified atom stereocenters. The van der Waals surface area contributed by atoms with Gasteiger partial charge in [0.05, 0.1) is 11.0 Å². The van der Waals surface area contributed by atoms with Gasteiger partial charge in [-0.05, 0) is 25.0 Å². The zero-order valence-corrected chi connectivity index (χ0v) is 13.0. The number of nitrogens with one attached hydrogen (secondary N) is 1. The van der Waals surface area contributed by atoms with Crippen LogP contribution in [0.5, 0.6) is 0 Å². The summed E-state index contributed by atoms with van der Waals surface area (Å²) in [6.45, 7) is -0.981. The van der Waals surface area contributed by atoms with Crippen LogP contribution in [0.25, 0.3) is 11.0 Å². The number of hydrogen-bond donors (Lipinski definition) is 1. The number of carbonyl (C=O) groups is 1. The average Bonchev–Trinajstić information content (AvgIpc) is 2.98. The third-order valence-electron chi connectivity index (χ3n) is 4.06. The Morgan fingerprint density at radius 2 is 2.17 bits per heavy atom. The molecule has 0 radical (unpaired) electrons. The zero-order chi connectivity index (χ0) is 17.2. The Balaban J connectivity index is 1.60. The van der Waals surface area contributed by atoms with E-state index in [2.05, 4.69) is 14.7 Å². The number of amides is 1. The van der Waals surface area contributed by atoms with E-state index < -0.39 is 25.3 Å². The molecule has 1 saturated heterocycles. The van der Waals surface area contributed by atoms with Gasteiger partial charge in [0.2, 0.25) is 5.91 Å². The van der Waals surface area contributed by atoms with Gasteiger partial charge < -0.3 is 14.6 Å². The summed E-state index contributed by atoms with van der Waals surface area (Å²) in [5, 5.41) is 0. The standard InChI is InChI=1S/C16H18F3N3O2/c17-16(18,19)10-24-9-14(23)22-7-3-4-11(8-22)15-20-12-5-1-2-6-13(12)21-15/h1-2,5-6,11H,3-4,7-10H2,(H,20,21)/t11-/m1/s1. The lowest BCUT2D eigenvalue weighted by molar-refractivity contribution is -0.178. The number of aromatic amines is 1. The summed E-state index contributed by atoms with van der Waals surface area (Å²) in [5.74, 6) is 0.447. The van der Waals surface area contributed by atoms with Crippen LogP contribution in [-0.4, -0.2) is 53.3 Å². The van der Waals surface area contributed by atoms with Crippen LogP contribution in [0.3, 0.4) is 0 Å². The van der Waals surface area contributed by atoms with Crippen molar-refractivity contribution < 1.29 is 22.7 Å². The normalized spacial score (nSPS) is 19.0. The number of ether oxygens (including phenoxy) is 1. The molecule has 0 aliphatic carbocycles. The molecule has 1 fully saturated rings. The van der Waals surface area contributed by atoms with Gasteiger partial charge in [-0.15, -0.1) is 0 Å². The molecule has 0 spiro atoms. The minimum Gasteiger partial charge on any atom is -0.362 e. The molecule has 0 saturated carbocycles. The van der Waals surface area contributed by atoms with Crippen LogP contribution in [-0.2, 0) is 9.53 Å². The largest absolute Gasteiger partial charge is 0.411 e. The second-order valence-corrected chi connectivity index (χ2v) is 5.93. The van der Waals surface area contributed by atoms with E-state index in [1.807, 2.05) is 24.3 Å². The molecule has 8 heteroatoms. The molecule has 1 aromatic carbocycles. The Labute approximate surface area is 136 Å². The molecule has 1 aliphatic rings. The molecule has 2 aromatic rings. The topological polar surface area (TPSA) is 58.2 Å². The average molecular weight is 341 g/mol. The van der Waals surface area contributed by atoms with Crippen molar-refractivity contribution in [1.82, 2.24) is 14.9 Å². The van der Waals surface area contributed by atoms with Crippen molar-refractivity contribution in [3.63, 3.8) is 0 Å². The highest BCUT2D eigenvalue weighted by Gasteiger charge is 2.30. The highest BCUT2D eigenvalue weighted by molar-refractivity contribution is 5.78. The molecule has 24 heavy (non-hydrogen) atoms. The lowest BCUT2D eigenvalue weighted by Crippen LogP contribution is -2.41. The van der Waals surface area contributed by atoms with E-state index in [1.165, 1.54) is 0 Å². The SMILES string of the molecule is O=C(COCC(F)(F)F)N1CCC[C@@H](c2nc3ccccc3[nH]2)C1. The van der Waals surface area contributed by atoms with Gasteiger partial charge in [-0.25, -0.2) is 4.98 Å². The minimum atomic E-state index is -4.42. The maximum Gasteiger partial charge on any atom is 0.411 e. The van der Waals surface area contributed by atoms with Gasteiger partial charge in [-0.3, -0.25) is 4.79 Å². The number of benzene rings is 1. The number of alkyl halides is 3. The summed E-state index contributed by atoms with van der Waals surface area (Å²) in [6, 6.07) is 7.66. The monoisotopic (exact) mass is 341 g/mol. The lowest BCUT2D eigenvalue weighted by Gasteiger charge is -2.31. The predicted molar refractivity (Wildman–Crippen MR) is 81.5 cm³/mol. The molecule has 5 nitrogen and oxygen atoms in total. The lowest BCUT2D eigenvalue weighted by atomic mass is 9.97. The third-order valence-corrected chi connectivity index (χ3v) is 4.06. The fraction of sp³-hybridized carbons (Fsp3) is 0.500. The van der Waals surface area contributed by atoms with Crippen molar-refractivity contribution in [2.45, 2.75) is 24.9 Å². The number of hydrogen-bond acceptors (Lipinski definition) is 3. The smallest absolute Gasteiger partial charge is 0.362 e. The molecule has 3 rings (SSSR count). The highest BCUT2D eigenvalue weighted by atomic mass is 19.4. The Bertz CT molecular complexity index is 681. The number of rotatable bonds is 4. The Kier molecular flexibility index (Phi) is 4.75. The van der Waals surface area contributed by atoms with E-state index in [0.717, 1.165) is 29.7 Å². The van der Waals surface area contributed by atoms with Crippen molar-refractivity contribution in [2.75, 3.05) is 26.3 Å². The number of halogens is 3. The van der Waals surface area contributed by atoms with Crippen LogP contribution in [0.15, 0.2) is 24.3 Å². The maximum absolute atomic E-state index is 12.1. The van der Waals surface area contributed by atoms with E-state index >= 15 is 0 Å². The fourth-order valence-corrected chi connectivity index (χ4v) is 2.94. The molecule has 2 heterocycles. The van der Waals surface area contributed by atoms with E-state index in [1.54, 1.807) is 4.90 Å². The molecule has 1 aliphatic heterocycles. The van der Waals surface area contributed by atoms with Gasteiger partial charge in [0.25, 0.3) is 0 Å². The predicted octanol–water partition coefficient (Wildman–Crippen LogP) is 2.85. The first-order valence-electron chi connectivity index (χ1n) is 7.79. The molecule has 1 atom stereocenters. The minimum absolute atomic E-state index is 0.0534. The van der Waals surface area contributed by atoms with E-state index in [9.17, 15) is 18.0 Å². The van der Waals surface area contributed by atoms with Crippen molar-refractivity contribution in [3.05, 3.63) is 30.1 Å². The summed E-state index contributed by atoms with van der Waals surface area (Å²) in [5.41, 5.74) is 1.80. The number of carbonyl (C=O) groups excluding carboxylic acids is 1. The van der Waals surface area contributed by atoms with Crippen LogP contribution >= 0.6 is 0 Å². The Morgan fingerprint density at radius 3 is 2.92 bits per heavy atom. The van der Waals surface area contributed by atoms with Crippen molar-refractivity contribution in [1.29, 1.82) is 0 Å². The number of imidazole rings is 1. The number of para-hydroxylation sites is 2. The van der Waals surface area contributed by atoms with Gasteiger partial charge in [0.15, 0.2) is 0 Å². The van der Waals surface area contributed by atoms with Gasteiger partial charge in [-0.1, -0.05) is 12.1 Å². The van der Waals surface area contributed by atoms with Crippen LogP contribution in [0.1, 0.15) is 24.6 Å². The zero-order valence-electron chi connectivity index (χ0n) is 13.0. The first kappa shape index (κ1) is 16.8. The summed E-state index contributed by atoms with van der Waals surface area (Å²) in [4.78, 5) is 21.4. The first-order valence-corrected chi connectivity index (χ1v) is 7.79. The summed E-state index contributed by atoms with van der Waals surface area (Å²) >= 11 is 0. The van der Waals surface area contributed by atoms with Crippen LogP contribution in [0.2, 0.25) is 0 Å². The Hall–Kier alpha value is -2.09. The van der Waals surface area contributed by atoms with Gasteiger partial charge in [0.1, 0.15) is 19.0 Å². The second-order valence-electron chi connectivity index (χ2n) is 5.93. The van der Waals surface area contributed by atoms with Crippen LogP contribution < -0.4 is 0 Å². The second kappa shape index (κ2) is 6.80. The van der Waals surface area contributed by atoms with Gasteiger partial charge in [-0.2, -0.15) is 13.2 Å². The van der Waals surface area contributed by atoms with E-state index in [0.29, 0.717) is 13.1 Å². The number of fused-ring (bicyclic) bond motifs is 1. The van der Waals surface area contributed by atoms with Crippen molar-refractivity contribution in [2.24, 2.45) is 0 Å². The van der Waals surface area contributed by atoms with Gasteiger partial charge >= 0.3 is 6.18 Å². The molecule has 1 aromatic heterocycles. The maximum atomic E-state index is 12.1. The third kappa shape index (κ3) is 4.05. The number of nitrogens with zero attached hydrogens (tertiary/aromatic N) is 2. The summed E-state index contributed by atoms with van der Waals surface area (Å²) in [6.07, 6.45) is -2.75. The van der Waals surface area contributed by atoms with Crippen molar-refractivity contribution >= 4 is 16.9 Å². The first-order chi connectivity index (χ1) is 11.4. The number of piperidine rings is 1. The molecular formula is C16H18F3N3O2. The van der Waals surface area contributed by atoms with Crippen molar-refractivity contribution in [3.8, 4) is 0 Å². The van der Waals surface area contributed by atoms with Gasteiger partial charge in [0, 0.05) is 19.0 Å². The molecular weight excluding hydrogens is 323 g/mol. The number of aromatic nitrogens is 2. The molecule has 1 N–H and O–H groups in total. The van der Waals surface area contributed by atoms with Crippen LogP contribution in [0, 0.1) is 0 Å². The molecule has 0 bridgehead atoms. The molecule has 1 amide bonds. The fourth-order valence-electron chi connectivity index (χ4n) is 2.94. The van der Waals surface area contributed by atoms with E-state index in [-0.39, 0.29) is 5.92 Å². The quantitative estimate of drug-likeness (QED) is 0.930. The van der Waals surface area contributed by atoms with Crippen LogP contribution in [0.4, 0.5) is 13.2 Å². The summed E-state index contributed by atoms with van der Waals surface area (Å²) in [7, 11) is 0. The Morgan fingerprint density at radius 1 is 1.38 bits per heavy atom. The number of likely N-dealkylation sites (tertiary alicyclic amines) is 1. The molecule has 130 valence electrons. The number of H-pyrrole nitrogens is 1. The summed E-state index contributed by atoms with van der Waals surface area (Å²) < 4.78 is 40.7.